The SMILES string of the molecule is CC(C)(C(=NC1C2CC3CC1CC(C(N)=O)(C3)C2)NC#N)N1CCN(C(=O)O)CC1. The summed E-state index contributed by atoms with van der Waals surface area (Å²) in [4.78, 5) is 32.1. The number of amidine groups is 1. The summed E-state index contributed by atoms with van der Waals surface area (Å²) in [5.41, 5.74) is 4.93. The van der Waals surface area contributed by atoms with Crippen LogP contribution in [0.15, 0.2) is 4.99 Å². The number of carboxylic acid groups (broad SMARTS) is 1. The Bertz CT molecular complexity index is 779. The van der Waals surface area contributed by atoms with E-state index in [1.807, 2.05) is 13.8 Å². The van der Waals surface area contributed by atoms with Gasteiger partial charge in [-0.25, -0.2) is 4.79 Å². The maximum absolute atomic E-state index is 12.2. The lowest BCUT2D eigenvalue weighted by Crippen LogP contribution is -2.62. The van der Waals surface area contributed by atoms with E-state index < -0.39 is 11.6 Å². The van der Waals surface area contributed by atoms with Crippen LogP contribution in [0.1, 0.15) is 46.0 Å². The number of hydrogen-bond acceptors (Lipinski definition) is 5. The largest absolute Gasteiger partial charge is 0.465 e. The molecule has 4 saturated carbocycles. The minimum atomic E-state index is -0.895. The molecule has 30 heavy (non-hydrogen) atoms. The van der Waals surface area contributed by atoms with Gasteiger partial charge in [-0.1, -0.05) is 0 Å². The van der Waals surface area contributed by atoms with Crippen LogP contribution in [0.2, 0.25) is 0 Å². The average Bonchev–Trinajstić information content (AvgIpc) is 2.69. The third-order valence-electron chi connectivity index (χ3n) is 8.12. The average molecular weight is 417 g/mol. The van der Waals surface area contributed by atoms with Crippen LogP contribution in [0.3, 0.4) is 0 Å². The van der Waals surface area contributed by atoms with Crippen LogP contribution >= 0.6 is 0 Å². The molecule has 0 spiro atoms. The van der Waals surface area contributed by atoms with Gasteiger partial charge in [0.15, 0.2) is 6.19 Å². The molecule has 164 valence electrons. The summed E-state index contributed by atoms with van der Waals surface area (Å²) in [6.45, 7) is 6.14. The van der Waals surface area contributed by atoms with Crippen LogP contribution in [0, 0.1) is 34.6 Å². The second-order valence-electron chi connectivity index (χ2n) is 10.1. The molecule has 1 aliphatic heterocycles. The summed E-state index contributed by atoms with van der Waals surface area (Å²) < 4.78 is 0. The van der Waals surface area contributed by atoms with Crippen molar-refractivity contribution in [3.05, 3.63) is 0 Å². The molecule has 0 aromatic heterocycles. The van der Waals surface area contributed by atoms with E-state index in [1.54, 1.807) is 0 Å². The Morgan fingerprint density at radius 1 is 1.17 bits per heavy atom. The Labute approximate surface area is 177 Å². The topological polar surface area (TPSA) is 135 Å². The van der Waals surface area contributed by atoms with Gasteiger partial charge in [0.05, 0.1) is 11.6 Å². The van der Waals surface area contributed by atoms with Gasteiger partial charge in [0, 0.05) is 31.6 Å². The van der Waals surface area contributed by atoms with Gasteiger partial charge in [-0.3, -0.25) is 20.0 Å². The predicted molar refractivity (Wildman–Crippen MR) is 110 cm³/mol. The zero-order valence-electron chi connectivity index (χ0n) is 17.8. The van der Waals surface area contributed by atoms with Crippen LogP contribution in [-0.4, -0.2) is 70.5 Å². The van der Waals surface area contributed by atoms with Gasteiger partial charge >= 0.3 is 6.09 Å². The van der Waals surface area contributed by atoms with Crippen molar-refractivity contribution in [2.24, 2.45) is 33.9 Å². The first-order valence-corrected chi connectivity index (χ1v) is 10.9. The van der Waals surface area contributed by atoms with Crippen molar-refractivity contribution in [3.8, 4) is 6.19 Å². The smallest absolute Gasteiger partial charge is 0.407 e. The number of nitrogens with one attached hydrogen (secondary N) is 1. The minimum absolute atomic E-state index is 0.101. The lowest BCUT2D eigenvalue weighted by molar-refractivity contribution is -0.144. The lowest BCUT2D eigenvalue weighted by Gasteiger charge is -2.58. The van der Waals surface area contributed by atoms with Crippen molar-refractivity contribution in [2.45, 2.75) is 57.5 Å². The molecule has 5 rings (SSSR count). The number of aliphatic imine (C=N–C) groups is 1. The molecular formula is C21H32N6O3. The van der Waals surface area contributed by atoms with E-state index in [0.29, 0.717) is 49.8 Å². The summed E-state index contributed by atoms with van der Waals surface area (Å²) in [6, 6.07) is 0.101. The fourth-order valence-electron chi connectivity index (χ4n) is 6.66. The first-order chi connectivity index (χ1) is 14.2. The Balaban J connectivity index is 1.55. The number of nitriles is 1. The van der Waals surface area contributed by atoms with Crippen LogP contribution in [0.4, 0.5) is 4.79 Å². The molecule has 4 N–H and O–H groups in total. The van der Waals surface area contributed by atoms with E-state index in [9.17, 15) is 20.0 Å². The summed E-state index contributed by atoms with van der Waals surface area (Å²) in [6.07, 6.45) is 5.86. The quantitative estimate of drug-likeness (QED) is 0.273. The molecule has 5 aliphatic rings. The summed E-state index contributed by atoms with van der Waals surface area (Å²) >= 11 is 0. The Kier molecular flexibility index (Phi) is 5.17. The molecule has 0 aromatic rings. The van der Waals surface area contributed by atoms with E-state index in [4.69, 9.17) is 10.7 Å². The number of piperazine rings is 1. The fourth-order valence-corrected chi connectivity index (χ4v) is 6.66. The first-order valence-electron chi connectivity index (χ1n) is 10.9. The molecule has 2 amide bonds. The van der Waals surface area contributed by atoms with Crippen LogP contribution < -0.4 is 11.1 Å². The highest BCUT2D eigenvalue weighted by atomic mass is 16.4. The van der Waals surface area contributed by atoms with Gasteiger partial charge in [-0.2, -0.15) is 5.26 Å². The number of carbonyl (C=O) groups excluding carboxylic acids is 1. The van der Waals surface area contributed by atoms with Gasteiger partial charge < -0.3 is 15.7 Å². The highest BCUT2D eigenvalue weighted by Gasteiger charge is 2.58. The molecular weight excluding hydrogens is 384 g/mol. The summed E-state index contributed by atoms with van der Waals surface area (Å²) in [7, 11) is 0. The molecule has 0 aromatic carbocycles. The number of carbonyl (C=O) groups is 2. The monoisotopic (exact) mass is 416 g/mol. The molecule has 1 saturated heterocycles. The van der Waals surface area contributed by atoms with E-state index in [2.05, 4.69) is 16.4 Å². The molecule has 2 atom stereocenters. The molecule has 4 bridgehead atoms. The third-order valence-corrected chi connectivity index (χ3v) is 8.12. The third kappa shape index (κ3) is 3.41. The second-order valence-corrected chi connectivity index (χ2v) is 10.1. The minimum Gasteiger partial charge on any atom is -0.465 e. The van der Waals surface area contributed by atoms with E-state index in [-0.39, 0.29) is 17.4 Å². The number of nitrogens with two attached hydrogens (primary N) is 1. The highest BCUT2D eigenvalue weighted by molar-refractivity contribution is 5.92. The predicted octanol–water partition coefficient (Wildman–Crippen LogP) is 1.21. The van der Waals surface area contributed by atoms with Crippen molar-refractivity contribution in [2.75, 3.05) is 26.2 Å². The Morgan fingerprint density at radius 3 is 2.27 bits per heavy atom. The van der Waals surface area contributed by atoms with Gasteiger partial charge in [-0.05, 0) is 63.7 Å². The summed E-state index contributed by atoms with van der Waals surface area (Å²) in [5, 5.41) is 21.4. The van der Waals surface area contributed by atoms with Crippen molar-refractivity contribution in [1.29, 1.82) is 5.26 Å². The van der Waals surface area contributed by atoms with Crippen molar-refractivity contribution >= 4 is 17.8 Å². The van der Waals surface area contributed by atoms with Crippen molar-refractivity contribution in [3.63, 3.8) is 0 Å². The standard InChI is InChI=1S/C21H32N6O3/c1-20(2,27-5-3-26(4-6-27)19(29)30)18(24-12-22)25-16-14-7-13-8-15(16)11-21(9-13,10-14)17(23)28/h13-16H,3-11H2,1-2H3,(H2,23,28)(H,24,25)(H,29,30). The van der Waals surface area contributed by atoms with Gasteiger partial charge in [0.1, 0.15) is 5.84 Å². The van der Waals surface area contributed by atoms with Gasteiger partial charge in [-0.15, -0.1) is 0 Å². The number of amides is 2. The molecule has 5 fully saturated rings. The van der Waals surface area contributed by atoms with Crippen LogP contribution in [-0.2, 0) is 4.79 Å². The zero-order valence-corrected chi connectivity index (χ0v) is 17.8. The molecule has 4 aliphatic carbocycles. The van der Waals surface area contributed by atoms with Crippen LogP contribution in [0.25, 0.3) is 0 Å². The normalized spacial score (nSPS) is 36.4. The van der Waals surface area contributed by atoms with Crippen LogP contribution in [0.5, 0.6) is 0 Å². The highest BCUT2D eigenvalue weighted by Crippen LogP contribution is 2.60. The molecule has 1 heterocycles. The fraction of sp³-hybridized carbons (Fsp3) is 0.810. The van der Waals surface area contributed by atoms with Crippen molar-refractivity contribution < 1.29 is 14.7 Å². The van der Waals surface area contributed by atoms with Gasteiger partial charge in [0.25, 0.3) is 0 Å². The lowest BCUT2D eigenvalue weighted by atomic mass is 9.48. The maximum atomic E-state index is 12.2. The molecule has 0 radical (unpaired) electrons. The first kappa shape index (κ1) is 20.9. The molecule has 9 nitrogen and oxygen atoms in total. The number of primary amides is 1. The maximum Gasteiger partial charge on any atom is 0.407 e. The zero-order chi connectivity index (χ0) is 21.7. The summed E-state index contributed by atoms with van der Waals surface area (Å²) in [5.74, 6) is 1.71. The van der Waals surface area contributed by atoms with E-state index in [0.717, 1.165) is 32.1 Å². The van der Waals surface area contributed by atoms with Gasteiger partial charge in [0.2, 0.25) is 5.91 Å². The molecule has 2 unspecified atom stereocenters. The number of rotatable bonds is 4. The van der Waals surface area contributed by atoms with E-state index >= 15 is 0 Å². The Morgan fingerprint density at radius 2 is 1.77 bits per heavy atom. The molecule has 9 heteroatoms. The second kappa shape index (κ2) is 7.41. The van der Waals surface area contributed by atoms with E-state index in [1.165, 1.54) is 4.90 Å². The Hall–Kier alpha value is -2.34. The van der Waals surface area contributed by atoms with Crippen molar-refractivity contribution in [1.82, 2.24) is 15.1 Å². The number of nitrogens with zero attached hydrogens (tertiary/aromatic N) is 4. The number of hydrogen-bond donors (Lipinski definition) is 3.